The Kier molecular flexibility index (Phi) is 2.59. The lowest BCUT2D eigenvalue weighted by Gasteiger charge is -2.56. The van der Waals surface area contributed by atoms with Gasteiger partial charge in [0.1, 0.15) is 5.60 Å². The van der Waals surface area contributed by atoms with Crippen LogP contribution in [0.4, 0.5) is 0 Å². The van der Waals surface area contributed by atoms with Crippen molar-refractivity contribution in [2.24, 2.45) is 34.5 Å². The van der Waals surface area contributed by atoms with E-state index in [4.69, 9.17) is 4.74 Å². The highest BCUT2D eigenvalue weighted by Crippen LogP contribution is 2.64. The Bertz CT molecular complexity index is 489. The van der Waals surface area contributed by atoms with E-state index in [1.165, 1.54) is 38.5 Å². The Morgan fingerprint density at radius 2 is 1.45 bits per heavy atom. The monoisotopic (exact) mass is 302 g/mol. The molecule has 6 bridgehead atoms. The summed E-state index contributed by atoms with van der Waals surface area (Å²) in [6.45, 7) is 4.61. The average Bonchev–Trinajstić information content (AvgIpc) is 2.89. The van der Waals surface area contributed by atoms with Crippen molar-refractivity contribution in [1.29, 1.82) is 0 Å². The summed E-state index contributed by atoms with van der Waals surface area (Å²) in [5, 5.41) is 0. The molecule has 6 rings (SSSR count). The number of fused-ring (bicyclic) bond motifs is 2. The summed E-state index contributed by atoms with van der Waals surface area (Å²) in [6, 6.07) is 0. The molecule has 0 saturated heterocycles. The van der Waals surface area contributed by atoms with Crippen LogP contribution < -0.4 is 0 Å². The predicted molar refractivity (Wildman–Crippen MR) is 85.2 cm³/mol. The maximum Gasteiger partial charge on any atom is 0.312 e. The first-order valence-corrected chi connectivity index (χ1v) is 9.63. The first kappa shape index (κ1) is 13.9. The molecular formula is C20H30O2. The zero-order valence-electron chi connectivity index (χ0n) is 14.2. The second-order valence-electron chi connectivity index (χ2n) is 10.2. The lowest BCUT2D eigenvalue weighted by molar-refractivity contribution is -0.197. The highest BCUT2D eigenvalue weighted by Gasteiger charge is 2.62. The summed E-state index contributed by atoms with van der Waals surface area (Å²) in [5.74, 6) is 3.47. The van der Waals surface area contributed by atoms with E-state index in [9.17, 15) is 4.79 Å². The molecule has 0 N–H and O–H groups in total. The van der Waals surface area contributed by atoms with Gasteiger partial charge in [-0.25, -0.2) is 0 Å². The van der Waals surface area contributed by atoms with E-state index in [0.717, 1.165) is 49.4 Å². The number of hydrogen-bond donors (Lipinski definition) is 0. The van der Waals surface area contributed by atoms with E-state index in [2.05, 4.69) is 13.8 Å². The molecule has 0 heterocycles. The largest absolute Gasteiger partial charge is 0.458 e. The molecular weight excluding hydrogens is 272 g/mol. The smallest absolute Gasteiger partial charge is 0.312 e. The SMILES string of the molecule is CC12CCC(C1)CC2(C)OC(=O)C12CC3CC(CC(C3)C1)C2. The van der Waals surface area contributed by atoms with Crippen LogP contribution in [0.3, 0.4) is 0 Å². The molecule has 2 nitrogen and oxygen atoms in total. The van der Waals surface area contributed by atoms with Crippen LogP contribution in [0.1, 0.15) is 78.1 Å². The minimum absolute atomic E-state index is 0.0873. The minimum Gasteiger partial charge on any atom is -0.458 e. The van der Waals surface area contributed by atoms with Crippen molar-refractivity contribution in [1.82, 2.24) is 0 Å². The van der Waals surface area contributed by atoms with E-state index in [1.54, 1.807) is 0 Å². The van der Waals surface area contributed by atoms with Gasteiger partial charge in [0.15, 0.2) is 0 Å². The number of carbonyl (C=O) groups is 1. The van der Waals surface area contributed by atoms with E-state index in [-0.39, 0.29) is 22.4 Å². The summed E-state index contributed by atoms with van der Waals surface area (Å²) in [6.07, 6.45) is 12.6. The van der Waals surface area contributed by atoms with E-state index in [1.807, 2.05) is 0 Å². The van der Waals surface area contributed by atoms with Crippen molar-refractivity contribution in [3.05, 3.63) is 0 Å². The third kappa shape index (κ3) is 1.70. The van der Waals surface area contributed by atoms with Crippen molar-refractivity contribution >= 4 is 5.97 Å². The van der Waals surface area contributed by atoms with Gasteiger partial charge in [-0.05, 0) is 94.8 Å². The van der Waals surface area contributed by atoms with Crippen LogP contribution in [-0.4, -0.2) is 11.6 Å². The Morgan fingerprint density at radius 1 is 0.864 bits per heavy atom. The fourth-order valence-corrected chi connectivity index (χ4v) is 7.65. The zero-order chi connectivity index (χ0) is 15.2. The zero-order valence-corrected chi connectivity index (χ0v) is 14.2. The van der Waals surface area contributed by atoms with Gasteiger partial charge in [-0.1, -0.05) is 6.92 Å². The first-order valence-electron chi connectivity index (χ1n) is 9.63. The second-order valence-corrected chi connectivity index (χ2v) is 10.2. The molecule has 0 aromatic heterocycles. The van der Waals surface area contributed by atoms with E-state index >= 15 is 0 Å². The quantitative estimate of drug-likeness (QED) is 0.690. The third-order valence-electron chi connectivity index (χ3n) is 8.59. The number of esters is 1. The van der Waals surface area contributed by atoms with Crippen molar-refractivity contribution in [2.75, 3.05) is 0 Å². The number of hydrogen-bond acceptors (Lipinski definition) is 2. The van der Waals surface area contributed by atoms with Crippen LogP contribution in [-0.2, 0) is 9.53 Å². The molecule has 3 atom stereocenters. The second kappa shape index (κ2) is 4.11. The summed E-state index contributed by atoms with van der Waals surface area (Å²) in [5.41, 5.74) is -0.0259. The topological polar surface area (TPSA) is 26.3 Å². The maximum absolute atomic E-state index is 13.3. The molecule has 0 amide bonds. The molecule has 6 aliphatic carbocycles. The molecule has 6 fully saturated rings. The standard InChI is InChI=1S/C20H30O2/c1-18-4-3-13(8-18)9-19(18,2)22-17(21)20-10-14-5-15(11-20)7-16(6-14)12-20/h13-16H,3-12H2,1-2H3. The van der Waals surface area contributed by atoms with Crippen molar-refractivity contribution in [2.45, 2.75) is 83.7 Å². The van der Waals surface area contributed by atoms with Gasteiger partial charge in [0.05, 0.1) is 5.41 Å². The fourth-order valence-electron chi connectivity index (χ4n) is 7.65. The highest BCUT2D eigenvalue weighted by molar-refractivity contribution is 5.78. The van der Waals surface area contributed by atoms with Gasteiger partial charge in [0, 0.05) is 5.41 Å². The summed E-state index contributed by atoms with van der Waals surface area (Å²) < 4.78 is 6.38. The molecule has 0 aromatic carbocycles. The lowest BCUT2D eigenvalue weighted by Crippen LogP contribution is -2.54. The summed E-state index contributed by atoms with van der Waals surface area (Å²) in [4.78, 5) is 13.3. The molecule has 6 saturated carbocycles. The van der Waals surface area contributed by atoms with E-state index < -0.39 is 0 Å². The van der Waals surface area contributed by atoms with Crippen molar-refractivity contribution in [3.63, 3.8) is 0 Å². The lowest BCUT2D eigenvalue weighted by atomic mass is 9.49. The van der Waals surface area contributed by atoms with Gasteiger partial charge in [0.25, 0.3) is 0 Å². The molecule has 6 aliphatic rings. The fraction of sp³-hybridized carbons (Fsp3) is 0.950. The van der Waals surface area contributed by atoms with Crippen LogP contribution >= 0.6 is 0 Å². The summed E-state index contributed by atoms with van der Waals surface area (Å²) in [7, 11) is 0. The van der Waals surface area contributed by atoms with Gasteiger partial charge in [0.2, 0.25) is 0 Å². The molecule has 0 spiro atoms. The van der Waals surface area contributed by atoms with Crippen LogP contribution in [0.15, 0.2) is 0 Å². The van der Waals surface area contributed by atoms with Gasteiger partial charge >= 0.3 is 5.97 Å². The molecule has 122 valence electrons. The van der Waals surface area contributed by atoms with Crippen molar-refractivity contribution in [3.8, 4) is 0 Å². The third-order valence-corrected chi connectivity index (χ3v) is 8.59. The minimum atomic E-state index is -0.184. The first-order chi connectivity index (χ1) is 10.4. The normalized spacial score (nSPS) is 58.3. The Morgan fingerprint density at radius 3 is 1.91 bits per heavy atom. The molecule has 3 unspecified atom stereocenters. The molecule has 22 heavy (non-hydrogen) atoms. The average molecular weight is 302 g/mol. The Balaban J connectivity index is 1.39. The molecule has 0 aromatic rings. The van der Waals surface area contributed by atoms with Gasteiger partial charge in [-0.2, -0.15) is 0 Å². The van der Waals surface area contributed by atoms with Gasteiger partial charge in [-0.3, -0.25) is 4.79 Å². The Labute approximate surface area is 134 Å². The van der Waals surface area contributed by atoms with Crippen LogP contribution in [0.25, 0.3) is 0 Å². The maximum atomic E-state index is 13.3. The molecule has 0 radical (unpaired) electrons. The van der Waals surface area contributed by atoms with Crippen LogP contribution in [0.2, 0.25) is 0 Å². The number of ether oxygens (including phenoxy) is 1. The Hall–Kier alpha value is -0.530. The van der Waals surface area contributed by atoms with Crippen LogP contribution in [0.5, 0.6) is 0 Å². The predicted octanol–water partition coefficient (Wildman–Crippen LogP) is 4.71. The van der Waals surface area contributed by atoms with Crippen molar-refractivity contribution < 1.29 is 9.53 Å². The number of rotatable bonds is 2. The highest BCUT2D eigenvalue weighted by atomic mass is 16.6. The van der Waals surface area contributed by atoms with Crippen LogP contribution in [0, 0.1) is 34.5 Å². The number of carbonyl (C=O) groups excluding carboxylic acids is 1. The summed E-state index contributed by atoms with van der Waals surface area (Å²) >= 11 is 0. The van der Waals surface area contributed by atoms with Gasteiger partial charge in [-0.15, -0.1) is 0 Å². The van der Waals surface area contributed by atoms with Gasteiger partial charge < -0.3 is 4.74 Å². The van der Waals surface area contributed by atoms with E-state index in [0.29, 0.717) is 0 Å². The molecule has 0 aliphatic heterocycles. The molecule has 2 heteroatoms.